The van der Waals surface area contributed by atoms with Crippen LogP contribution in [0.25, 0.3) is 0 Å². The standard InChI is InChI=1S/2C20H30O3.C19H28O3/c1-4-18(2,3)17(21)23-20-10-12-5-13-15(20)7-11-8-16(20)14(6-12)19(13,22)9-11;1-4-18(2,3)17(21)23-20-8-14-11-5-19(22)6-12(14)16(10-20)13(7-19)15(11)9-20;1-3-10(2)17(20)22-19-9-12-4-13-15(19)6-11-7-16(19)14(5-12)18(13,21)8-11/h2*11-16,22H,4-10H2,1-3H3;10-16,21H,3-9H2,1-2H3. The van der Waals surface area contributed by atoms with Crippen molar-refractivity contribution < 1.29 is 43.9 Å². The van der Waals surface area contributed by atoms with Crippen LogP contribution >= 0.6 is 0 Å². The van der Waals surface area contributed by atoms with E-state index >= 15 is 0 Å². The number of esters is 3. The molecule has 0 aromatic carbocycles. The molecule has 9 atom stereocenters. The van der Waals surface area contributed by atoms with Gasteiger partial charge in [0.1, 0.15) is 16.8 Å². The maximum absolute atomic E-state index is 12.9. The lowest BCUT2D eigenvalue weighted by molar-refractivity contribution is -0.345. The van der Waals surface area contributed by atoms with E-state index in [2.05, 4.69) is 20.8 Å². The zero-order valence-corrected chi connectivity index (χ0v) is 43.1. The van der Waals surface area contributed by atoms with Crippen molar-refractivity contribution in [2.45, 2.75) is 224 Å². The highest BCUT2D eigenvalue weighted by molar-refractivity contribution is 5.77. The third kappa shape index (κ3) is 5.99. The summed E-state index contributed by atoms with van der Waals surface area (Å²) < 4.78 is 19.0. The predicted octanol–water partition coefficient (Wildman–Crippen LogP) is 10.2. The molecule has 24 bridgehead atoms. The maximum atomic E-state index is 12.9. The van der Waals surface area contributed by atoms with Crippen LogP contribution in [0.5, 0.6) is 0 Å². The molecule has 0 aromatic rings. The average Bonchev–Trinajstić information content (AvgIpc) is 3.30. The highest BCUT2D eigenvalue weighted by atomic mass is 16.6. The molecule has 0 spiro atoms. The number of hydrogen-bond acceptors (Lipinski definition) is 9. The molecule has 0 aliphatic heterocycles. The summed E-state index contributed by atoms with van der Waals surface area (Å²) in [6.07, 6.45) is 22.4. The van der Waals surface area contributed by atoms with Gasteiger partial charge in [-0.2, -0.15) is 0 Å². The molecule has 378 valence electrons. The first kappa shape index (κ1) is 46.1. The molecule has 21 fully saturated rings. The number of aliphatic hydroxyl groups is 3. The third-order valence-corrected chi connectivity index (χ3v) is 25.9. The van der Waals surface area contributed by atoms with Gasteiger partial charge in [0.15, 0.2) is 0 Å². The molecule has 9 heteroatoms. The topological polar surface area (TPSA) is 140 Å². The zero-order chi connectivity index (χ0) is 47.7. The van der Waals surface area contributed by atoms with Gasteiger partial charge >= 0.3 is 17.9 Å². The molecule has 0 radical (unpaired) electrons. The molecule has 0 aromatic heterocycles. The fraction of sp³-hybridized carbons (Fsp3) is 0.949. The summed E-state index contributed by atoms with van der Waals surface area (Å²) in [5.41, 5.74) is -2.55. The largest absolute Gasteiger partial charge is 0.459 e. The Hall–Kier alpha value is -1.71. The normalized spacial score (nSPS) is 56.3. The molecule has 9 nitrogen and oxygen atoms in total. The number of rotatable bonds is 9. The second-order valence-electron chi connectivity index (χ2n) is 29.5. The Morgan fingerprint density at radius 3 is 1.16 bits per heavy atom. The second-order valence-corrected chi connectivity index (χ2v) is 29.5. The Labute approximate surface area is 407 Å². The smallest absolute Gasteiger partial charge is 0.312 e. The first-order chi connectivity index (χ1) is 32.0. The van der Waals surface area contributed by atoms with Gasteiger partial charge in [-0.05, 0) is 245 Å². The molecule has 0 saturated heterocycles. The van der Waals surface area contributed by atoms with Gasteiger partial charge in [0.2, 0.25) is 0 Å². The van der Waals surface area contributed by atoms with Crippen molar-refractivity contribution in [3.8, 4) is 0 Å². The van der Waals surface area contributed by atoms with E-state index in [0.717, 1.165) is 83.5 Å². The minimum Gasteiger partial charge on any atom is -0.459 e. The van der Waals surface area contributed by atoms with Gasteiger partial charge in [-0.1, -0.05) is 27.7 Å². The summed E-state index contributed by atoms with van der Waals surface area (Å²) >= 11 is 0. The minimum absolute atomic E-state index is 0.000451. The van der Waals surface area contributed by atoms with E-state index in [0.29, 0.717) is 107 Å². The maximum Gasteiger partial charge on any atom is 0.312 e. The summed E-state index contributed by atoms with van der Waals surface area (Å²) in [5.74, 6) is 10.3. The summed E-state index contributed by atoms with van der Waals surface area (Å²) in [6.45, 7) is 16.2. The average molecular weight is 941 g/mol. The zero-order valence-electron chi connectivity index (χ0n) is 43.1. The molecule has 21 saturated carbocycles. The fourth-order valence-electron chi connectivity index (χ4n) is 22.5. The van der Waals surface area contributed by atoms with Crippen molar-refractivity contribution in [1.29, 1.82) is 0 Å². The second kappa shape index (κ2) is 14.5. The first-order valence-electron chi connectivity index (χ1n) is 28.9. The Morgan fingerprint density at radius 1 is 0.471 bits per heavy atom. The molecule has 68 heavy (non-hydrogen) atoms. The van der Waals surface area contributed by atoms with Gasteiger partial charge in [-0.3, -0.25) is 14.4 Å². The van der Waals surface area contributed by atoms with Gasteiger partial charge in [0.25, 0.3) is 0 Å². The van der Waals surface area contributed by atoms with Gasteiger partial charge in [-0.25, -0.2) is 0 Å². The van der Waals surface area contributed by atoms with Crippen LogP contribution in [0.4, 0.5) is 0 Å². The van der Waals surface area contributed by atoms with E-state index in [1.165, 1.54) is 51.4 Å². The van der Waals surface area contributed by atoms with E-state index in [1.54, 1.807) is 0 Å². The monoisotopic (exact) mass is 941 g/mol. The number of carbonyl (C=O) groups is 3. The van der Waals surface area contributed by atoms with Crippen LogP contribution in [0.3, 0.4) is 0 Å². The van der Waals surface area contributed by atoms with E-state index in [-0.39, 0.29) is 51.6 Å². The van der Waals surface area contributed by atoms with Gasteiger partial charge in [-0.15, -0.1) is 0 Å². The van der Waals surface area contributed by atoms with Crippen LogP contribution in [-0.4, -0.2) is 66.8 Å². The number of carbonyl (C=O) groups excluding carboxylic acids is 3. The Morgan fingerprint density at radius 2 is 0.794 bits per heavy atom. The Kier molecular flexibility index (Phi) is 9.85. The van der Waals surface area contributed by atoms with Crippen molar-refractivity contribution in [1.82, 2.24) is 0 Å². The van der Waals surface area contributed by atoms with E-state index < -0.39 is 16.6 Å². The highest BCUT2D eigenvalue weighted by Gasteiger charge is 2.79. The summed E-state index contributed by atoms with van der Waals surface area (Å²) in [5, 5.41) is 33.7. The number of ether oxygens (including phenoxy) is 3. The van der Waals surface area contributed by atoms with E-state index in [4.69, 9.17) is 14.2 Å². The highest BCUT2D eigenvalue weighted by Crippen LogP contribution is 2.77. The molecule has 21 aliphatic carbocycles. The SMILES string of the molecule is CCC(C)(C)C(=O)OC12CC3C4CC5(O)CC3C(C1)C(C5)C4C2.CCC(C)(C)C(=O)OC12CC3CC4C1CC1CC2C(C3)C4(O)C1.CCC(C)C(=O)OC12CC3CC4C1CC1CC2C(C3)C4(O)C1. The van der Waals surface area contributed by atoms with Crippen molar-refractivity contribution in [3.63, 3.8) is 0 Å². The van der Waals surface area contributed by atoms with Gasteiger partial charge in [0, 0.05) is 23.7 Å². The van der Waals surface area contributed by atoms with Crippen molar-refractivity contribution in [3.05, 3.63) is 0 Å². The molecule has 21 rings (SSSR count). The van der Waals surface area contributed by atoms with Crippen LogP contribution < -0.4 is 0 Å². The van der Waals surface area contributed by atoms with Crippen LogP contribution in [0.15, 0.2) is 0 Å². The summed E-state index contributed by atoms with van der Waals surface area (Å²) in [6, 6.07) is 0. The molecular weight excluding hydrogens is 853 g/mol. The van der Waals surface area contributed by atoms with E-state index in [9.17, 15) is 29.7 Å². The van der Waals surface area contributed by atoms with Crippen LogP contribution in [0.1, 0.15) is 190 Å². The summed E-state index contributed by atoms with van der Waals surface area (Å²) in [4.78, 5) is 38.2. The molecule has 3 N–H and O–H groups in total. The number of hydrogen-bond donors (Lipinski definition) is 3. The van der Waals surface area contributed by atoms with Crippen LogP contribution in [0, 0.1) is 123 Å². The molecule has 0 amide bonds. The Bertz CT molecular complexity index is 2010. The lowest BCUT2D eigenvalue weighted by atomic mass is 9.32. The summed E-state index contributed by atoms with van der Waals surface area (Å²) in [7, 11) is 0. The third-order valence-electron chi connectivity index (χ3n) is 25.9. The molecular formula is C59H88O9. The lowest BCUT2D eigenvalue weighted by Crippen LogP contribution is -2.78. The van der Waals surface area contributed by atoms with Crippen LogP contribution in [-0.2, 0) is 28.6 Å². The van der Waals surface area contributed by atoms with E-state index in [1.807, 2.05) is 34.6 Å². The van der Waals surface area contributed by atoms with Gasteiger partial charge < -0.3 is 29.5 Å². The molecule has 0 heterocycles. The van der Waals surface area contributed by atoms with Crippen LogP contribution in [0.2, 0.25) is 0 Å². The lowest BCUT2D eigenvalue weighted by Gasteiger charge is -2.75. The van der Waals surface area contributed by atoms with Crippen molar-refractivity contribution >= 4 is 17.9 Å². The fourth-order valence-corrected chi connectivity index (χ4v) is 22.5. The van der Waals surface area contributed by atoms with Gasteiger partial charge in [0.05, 0.1) is 33.6 Å². The quantitative estimate of drug-likeness (QED) is 0.152. The van der Waals surface area contributed by atoms with Crippen molar-refractivity contribution in [2.75, 3.05) is 0 Å². The Balaban J connectivity index is 0.000000101. The first-order valence-corrected chi connectivity index (χ1v) is 28.9. The predicted molar refractivity (Wildman–Crippen MR) is 255 cm³/mol. The van der Waals surface area contributed by atoms with Crippen molar-refractivity contribution in [2.24, 2.45) is 123 Å². The molecule has 9 unspecified atom stereocenters. The molecule has 21 aliphatic rings. The minimum atomic E-state index is -0.427.